The van der Waals surface area contributed by atoms with Gasteiger partial charge in [0.1, 0.15) is 5.82 Å². The standard InChI is InChI=1S/C25H24ClN5O3/c26-17-7-8-21-19(11-17)29-22(30(21)10-4-3-9-27)15-31-20-6-2-1-5-18(20)25(23(31)32)12-16(13-25)14-28-24(33)34/h1-2,5-8,11,16,28H,3-4,10,12-15H2,(H,33,34)/t16-,25-. The highest BCUT2D eigenvalue weighted by molar-refractivity contribution is 6.31. The lowest BCUT2D eigenvalue weighted by Crippen LogP contribution is -2.52. The van der Waals surface area contributed by atoms with E-state index in [4.69, 9.17) is 27.0 Å². The maximum Gasteiger partial charge on any atom is 0.404 e. The highest BCUT2D eigenvalue weighted by Crippen LogP contribution is 2.56. The summed E-state index contributed by atoms with van der Waals surface area (Å²) in [4.78, 5) is 31.3. The molecule has 1 saturated carbocycles. The number of nitrogens with one attached hydrogen (secondary N) is 1. The number of nitriles is 1. The summed E-state index contributed by atoms with van der Waals surface area (Å²) in [5.74, 6) is 0.915. The average Bonchev–Trinajstić information content (AvgIpc) is 3.24. The van der Waals surface area contributed by atoms with E-state index in [0.717, 1.165) is 28.1 Å². The predicted molar refractivity (Wildman–Crippen MR) is 128 cm³/mol. The van der Waals surface area contributed by atoms with E-state index in [1.165, 1.54) is 0 Å². The second kappa shape index (κ2) is 8.65. The van der Waals surface area contributed by atoms with Crippen molar-refractivity contribution >= 4 is 40.3 Å². The number of nitrogens with zero attached hydrogens (tertiary/aromatic N) is 4. The number of amides is 2. The molecule has 8 nitrogen and oxygen atoms in total. The van der Waals surface area contributed by atoms with Crippen LogP contribution in [-0.2, 0) is 23.3 Å². The summed E-state index contributed by atoms with van der Waals surface area (Å²) >= 11 is 6.19. The quantitative estimate of drug-likeness (QED) is 0.488. The molecule has 3 aromatic rings. The molecule has 0 radical (unpaired) electrons. The minimum Gasteiger partial charge on any atom is -0.465 e. The summed E-state index contributed by atoms with van der Waals surface area (Å²) < 4.78 is 2.07. The number of rotatable bonds is 7. The highest BCUT2D eigenvalue weighted by Gasteiger charge is 2.58. The molecule has 2 N–H and O–H groups in total. The van der Waals surface area contributed by atoms with E-state index in [1.807, 2.05) is 42.5 Å². The number of carbonyl (C=O) groups is 2. The summed E-state index contributed by atoms with van der Waals surface area (Å²) in [7, 11) is 0. The molecule has 0 bridgehead atoms. The second-order valence-corrected chi connectivity index (χ2v) is 9.46. The Hall–Kier alpha value is -3.57. The van der Waals surface area contributed by atoms with Crippen LogP contribution in [0.25, 0.3) is 11.0 Å². The number of aromatic nitrogens is 2. The molecule has 1 aliphatic heterocycles. The van der Waals surface area contributed by atoms with Crippen LogP contribution in [0.2, 0.25) is 5.02 Å². The fourth-order valence-electron chi connectivity index (χ4n) is 5.43. The molecular formula is C25H24ClN5O3. The van der Waals surface area contributed by atoms with Gasteiger partial charge in [-0.1, -0.05) is 29.8 Å². The third kappa shape index (κ3) is 3.66. The molecular weight excluding hydrogens is 454 g/mol. The minimum atomic E-state index is -1.05. The maximum absolute atomic E-state index is 13.8. The first-order valence-corrected chi connectivity index (χ1v) is 11.7. The molecule has 1 spiro atoms. The van der Waals surface area contributed by atoms with Gasteiger partial charge < -0.3 is 19.9 Å². The number of carboxylic acid groups (broad SMARTS) is 1. The van der Waals surface area contributed by atoms with Gasteiger partial charge >= 0.3 is 6.09 Å². The lowest BCUT2D eigenvalue weighted by atomic mass is 9.59. The third-order valence-electron chi connectivity index (χ3n) is 6.94. The molecule has 2 heterocycles. The monoisotopic (exact) mass is 477 g/mol. The molecule has 2 aromatic carbocycles. The Labute approximate surface area is 201 Å². The summed E-state index contributed by atoms with van der Waals surface area (Å²) in [6, 6.07) is 15.6. The lowest BCUT2D eigenvalue weighted by molar-refractivity contribution is -0.128. The van der Waals surface area contributed by atoms with Crippen molar-refractivity contribution in [3.05, 3.63) is 58.9 Å². The first-order valence-electron chi connectivity index (χ1n) is 11.3. The van der Waals surface area contributed by atoms with Gasteiger partial charge in [0.2, 0.25) is 5.91 Å². The number of imidazole rings is 1. The summed E-state index contributed by atoms with van der Waals surface area (Å²) in [5, 5.41) is 20.9. The van der Waals surface area contributed by atoms with Crippen molar-refractivity contribution in [2.75, 3.05) is 11.4 Å². The van der Waals surface area contributed by atoms with Crippen molar-refractivity contribution < 1.29 is 14.7 Å². The average molecular weight is 478 g/mol. The molecule has 1 fully saturated rings. The Morgan fingerprint density at radius 3 is 2.85 bits per heavy atom. The Bertz CT molecular complexity index is 1320. The van der Waals surface area contributed by atoms with Crippen LogP contribution in [0, 0.1) is 17.2 Å². The first kappa shape index (κ1) is 22.2. The van der Waals surface area contributed by atoms with Gasteiger partial charge in [-0.2, -0.15) is 5.26 Å². The number of halogens is 1. The molecule has 34 heavy (non-hydrogen) atoms. The van der Waals surface area contributed by atoms with Crippen LogP contribution >= 0.6 is 11.6 Å². The summed E-state index contributed by atoms with van der Waals surface area (Å²) in [6.45, 7) is 1.29. The molecule has 2 amide bonds. The van der Waals surface area contributed by atoms with E-state index in [-0.39, 0.29) is 11.8 Å². The van der Waals surface area contributed by atoms with Gasteiger partial charge in [-0.15, -0.1) is 0 Å². The van der Waals surface area contributed by atoms with Crippen LogP contribution in [0.1, 0.15) is 37.1 Å². The number of anilines is 1. The van der Waals surface area contributed by atoms with Crippen molar-refractivity contribution in [3.8, 4) is 6.07 Å². The van der Waals surface area contributed by atoms with Crippen LogP contribution in [0.5, 0.6) is 0 Å². The normalized spacial score (nSPS) is 20.9. The van der Waals surface area contributed by atoms with Crippen LogP contribution in [-0.4, -0.2) is 33.2 Å². The van der Waals surface area contributed by atoms with Crippen molar-refractivity contribution in [1.29, 1.82) is 5.26 Å². The number of benzene rings is 2. The topological polar surface area (TPSA) is 111 Å². The molecule has 9 heteroatoms. The zero-order valence-electron chi connectivity index (χ0n) is 18.5. The number of unbranched alkanes of at least 4 members (excludes halogenated alkanes) is 1. The third-order valence-corrected chi connectivity index (χ3v) is 7.18. The van der Waals surface area contributed by atoms with Crippen LogP contribution in [0.4, 0.5) is 10.5 Å². The fraction of sp³-hybridized carbons (Fsp3) is 0.360. The zero-order chi connectivity index (χ0) is 23.9. The largest absolute Gasteiger partial charge is 0.465 e. The SMILES string of the molecule is N#CCCCn1c(CN2c3ccccc3[C@]3(C[C@@H](CNC(=O)O)C3)C2=O)nc2cc(Cl)ccc21. The number of carbonyl (C=O) groups excluding carboxylic acids is 1. The van der Waals surface area contributed by atoms with Crippen molar-refractivity contribution in [1.82, 2.24) is 14.9 Å². The Kier molecular flexibility index (Phi) is 5.66. The first-order chi connectivity index (χ1) is 16.4. The van der Waals surface area contributed by atoms with Crippen LogP contribution in [0.15, 0.2) is 42.5 Å². The molecule has 1 aromatic heterocycles. The maximum atomic E-state index is 13.8. The highest BCUT2D eigenvalue weighted by atomic mass is 35.5. The number of para-hydroxylation sites is 1. The molecule has 0 atom stereocenters. The lowest BCUT2D eigenvalue weighted by Gasteiger charge is -2.44. The molecule has 2 aliphatic rings. The fourth-order valence-corrected chi connectivity index (χ4v) is 5.60. The number of hydrogen-bond acceptors (Lipinski definition) is 4. The van der Waals surface area contributed by atoms with Gasteiger partial charge in [-0.05, 0) is 55.0 Å². The smallest absolute Gasteiger partial charge is 0.404 e. The van der Waals surface area contributed by atoms with Gasteiger partial charge in [-0.3, -0.25) is 4.79 Å². The Balaban J connectivity index is 1.46. The van der Waals surface area contributed by atoms with Crippen molar-refractivity contribution in [2.24, 2.45) is 5.92 Å². The van der Waals surface area contributed by atoms with Gasteiger partial charge in [0.25, 0.3) is 0 Å². The van der Waals surface area contributed by atoms with E-state index in [0.29, 0.717) is 50.3 Å². The van der Waals surface area contributed by atoms with E-state index in [2.05, 4.69) is 16.0 Å². The molecule has 0 unspecified atom stereocenters. The van der Waals surface area contributed by atoms with Crippen LogP contribution in [0.3, 0.4) is 0 Å². The summed E-state index contributed by atoms with van der Waals surface area (Å²) in [6.07, 6.45) is 1.31. The van der Waals surface area contributed by atoms with Crippen LogP contribution < -0.4 is 10.2 Å². The zero-order valence-corrected chi connectivity index (χ0v) is 19.3. The number of hydrogen-bond donors (Lipinski definition) is 2. The second-order valence-electron chi connectivity index (χ2n) is 9.03. The van der Waals surface area contributed by atoms with E-state index in [9.17, 15) is 9.59 Å². The summed E-state index contributed by atoms with van der Waals surface area (Å²) in [5.41, 5.74) is 2.96. The molecule has 0 saturated heterocycles. The Morgan fingerprint density at radius 2 is 2.09 bits per heavy atom. The molecule has 5 rings (SSSR count). The number of fused-ring (bicyclic) bond motifs is 3. The van der Waals surface area contributed by atoms with E-state index < -0.39 is 11.5 Å². The van der Waals surface area contributed by atoms with Gasteiger partial charge in [0.05, 0.1) is 29.1 Å². The number of aryl methyl sites for hydroxylation is 1. The minimum absolute atomic E-state index is 0.0361. The predicted octanol–water partition coefficient (Wildman–Crippen LogP) is 4.46. The van der Waals surface area contributed by atoms with Crippen molar-refractivity contribution in [3.63, 3.8) is 0 Å². The van der Waals surface area contributed by atoms with Gasteiger partial charge in [0, 0.05) is 30.2 Å². The van der Waals surface area contributed by atoms with Crippen molar-refractivity contribution in [2.45, 2.75) is 44.2 Å². The van der Waals surface area contributed by atoms with E-state index >= 15 is 0 Å². The molecule has 174 valence electrons. The molecule has 1 aliphatic carbocycles. The van der Waals surface area contributed by atoms with Gasteiger partial charge in [0.15, 0.2) is 0 Å². The van der Waals surface area contributed by atoms with Gasteiger partial charge in [-0.25, -0.2) is 9.78 Å². The Morgan fingerprint density at radius 1 is 1.29 bits per heavy atom. The van der Waals surface area contributed by atoms with E-state index in [1.54, 1.807) is 4.90 Å².